The van der Waals surface area contributed by atoms with Crippen molar-refractivity contribution >= 4 is 54.6 Å². The summed E-state index contributed by atoms with van der Waals surface area (Å²) in [6.07, 6.45) is 0. The van der Waals surface area contributed by atoms with Gasteiger partial charge in [0, 0.05) is 25.2 Å². The highest BCUT2D eigenvalue weighted by Gasteiger charge is 2.20. The Balaban J connectivity index is 1.55. The maximum absolute atomic E-state index is 13.0. The lowest BCUT2D eigenvalue weighted by molar-refractivity contribution is -0.115. The zero-order valence-electron chi connectivity index (χ0n) is 24.2. The van der Waals surface area contributed by atoms with Crippen LogP contribution in [0.1, 0.15) is 13.8 Å². The first kappa shape index (κ1) is 31.8. The molecule has 0 heterocycles. The zero-order valence-corrected chi connectivity index (χ0v) is 25.8. The Morgan fingerprint density at radius 2 is 0.886 bits per heavy atom. The Morgan fingerprint density at radius 3 is 1.18 bits per heavy atom. The molecule has 4 aromatic carbocycles. The molecule has 0 aliphatic heterocycles. The Hall–Kier alpha value is -5.08. The number of hydrogen-bond acceptors (Lipinski definition) is 8. The van der Waals surface area contributed by atoms with Gasteiger partial charge < -0.3 is 20.1 Å². The van der Waals surface area contributed by atoms with Gasteiger partial charge in [-0.2, -0.15) is 0 Å². The van der Waals surface area contributed by atoms with Gasteiger partial charge in [0.1, 0.15) is 11.5 Å². The predicted octanol–water partition coefficient (Wildman–Crippen LogP) is 4.89. The molecule has 0 aliphatic carbocycles. The molecular weight excluding hydrogens is 608 g/mol. The molecule has 4 rings (SSSR count). The van der Waals surface area contributed by atoms with Crippen molar-refractivity contribution in [2.45, 2.75) is 23.6 Å². The van der Waals surface area contributed by atoms with Gasteiger partial charge in [-0.3, -0.25) is 19.0 Å². The standard InChI is InChI=1S/C30H30N4O8S2/c1-19(35)31-23-7-11-25(12-8-23)43(37,38)33-27-15-5-21(17-29(27)41-3)22-6-16-28(30(18-22)42-4)34-44(39,40)26-13-9-24(10-14-26)32-20(2)36/h5-18,33-34H,1-4H3,(H,31,35)(H,32,36). The van der Waals surface area contributed by atoms with Crippen LogP contribution in [-0.2, 0) is 29.6 Å². The summed E-state index contributed by atoms with van der Waals surface area (Å²) in [5.41, 5.74) is 2.61. The SMILES string of the molecule is COc1cc(-c2ccc(NS(=O)(=O)c3ccc(NC(C)=O)cc3)c(OC)c2)ccc1NS(=O)(=O)c1ccc(NC(C)=O)cc1. The number of benzene rings is 4. The van der Waals surface area contributed by atoms with E-state index in [9.17, 15) is 26.4 Å². The summed E-state index contributed by atoms with van der Waals surface area (Å²) in [6.45, 7) is 2.71. The van der Waals surface area contributed by atoms with Gasteiger partial charge in [-0.25, -0.2) is 16.8 Å². The lowest BCUT2D eigenvalue weighted by Crippen LogP contribution is -2.14. The van der Waals surface area contributed by atoms with Gasteiger partial charge in [-0.05, 0) is 83.9 Å². The number of amides is 2. The van der Waals surface area contributed by atoms with Crippen LogP contribution in [0.3, 0.4) is 0 Å². The monoisotopic (exact) mass is 638 g/mol. The third-order valence-electron chi connectivity index (χ3n) is 6.20. The minimum Gasteiger partial charge on any atom is -0.495 e. The largest absolute Gasteiger partial charge is 0.495 e. The first-order valence-corrected chi connectivity index (χ1v) is 16.0. The lowest BCUT2D eigenvalue weighted by Gasteiger charge is -2.16. The van der Waals surface area contributed by atoms with Crippen LogP contribution in [0.15, 0.2) is 94.7 Å². The normalized spacial score (nSPS) is 11.3. The van der Waals surface area contributed by atoms with E-state index in [0.29, 0.717) is 22.5 Å². The molecule has 0 spiro atoms. The summed E-state index contributed by atoms with van der Waals surface area (Å²) in [5.74, 6) is -0.0631. The third kappa shape index (κ3) is 7.65. The molecule has 0 saturated heterocycles. The fraction of sp³-hybridized carbons (Fsp3) is 0.133. The fourth-order valence-electron chi connectivity index (χ4n) is 4.16. The number of anilines is 4. The number of methoxy groups -OCH3 is 2. The average molecular weight is 639 g/mol. The fourth-order valence-corrected chi connectivity index (χ4v) is 6.30. The third-order valence-corrected chi connectivity index (χ3v) is 8.96. The van der Waals surface area contributed by atoms with Gasteiger partial charge in [0.2, 0.25) is 11.8 Å². The molecule has 0 atom stereocenters. The highest BCUT2D eigenvalue weighted by molar-refractivity contribution is 7.93. The predicted molar refractivity (Wildman–Crippen MR) is 168 cm³/mol. The van der Waals surface area contributed by atoms with Crippen LogP contribution in [-0.4, -0.2) is 42.9 Å². The van der Waals surface area contributed by atoms with Crippen LogP contribution in [0.25, 0.3) is 11.1 Å². The highest BCUT2D eigenvalue weighted by atomic mass is 32.2. The van der Waals surface area contributed by atoms with E-state index in [0.717, 1.165) is 0 Å². The van der Waals surface area contributed by atoms with Crippen LogP contribution in [0, 0.1) is 0 Å². The summed E-state index contributed by atoms with van der Waals surface area (Å²) in [6, 6.07) is 21.1. The van der Waals surface area contributed by atoms with Crippen LogP contribution in [0.5, 0.6) is 11.5 Å². The van der Waals surface area contributed by atoms with Crippen molar-refractivity contribution in [3.05, 3.63) is 84.9 Å². The second-order valence-corrected chi connectivity index (χ2v) is 12.8. The van der Waals surface area contributed by atoms with E-state index in [1.807, 2.05) is 0 Å². The molecule has 12 nitrogen and oxygen atoms in total. The first-order chi connectivity index (χ1) is 20.8. The molecule has 4 N–H and O–H groups in total. The van der Waals surface area contributed by atoms with Crippen molar-refractivity contribution in [3.8, 4) is 22.6 Å². The number of carbonyl (C=O) groups is 2. The molecule has 14 heteroatoms. The van der Waals surface area contributed by atoms with E-state index in [2.05, 4.69) is 20.1 Å². The highest BCUT2D eigenvalue weighted by Crippen LogP contribution is 2.36. The van der Waals surface area contributed by atoms with E-state index in [1.54, 1.807) is 36.4 Å². The summed E-state index contributed by atoms with van der Waals surface area (Å²) >= 11 is 0. The number of nitrogens with one attached hydrogen (secondary N) is 4. The van der Waals surface area contributed by atoms with Crippen molar-refractivity contribution in [2.75, 3.05) is 34.3 Å². The molecular formula is C30H30N4O8S2. The second kappa shape index (κ2) is 13.1. The van der Waals surface area contributed by atoms with Gasteiger partial charge in [0.25, 0.3) is 20.0 Å². The molecule has 0 bridgehead atoms. The summed E-state index contributed by atoms with van der Waals surface area (Å²) in [4.78, 5) is 22.4. The maximum atomic E-state index is 13.0. The molecule has 0 saturated carbocycles. The lowest BCUT2D eigenvalue weighted by atomic mass is 10.0. The van der Waals surface area contributed by atoms with Crippen molar-refractivity contribution in [3.63, 3.8) is 0 Å². The number of rotatable bonds is 11. The van der Waals surface area contributed by atoms with E-state index >= 15 is 0 Å². The zero-order chi connectivity index (χ0) is 32.1. The molecule has 44 heavy (non-hydrogen) atoms. The van der Waals surface area contributed by atoms with Crippen LogP contribution < -0.4 is 29.6 Å². The van der Waals surface area contributed by atoms with Gasteiger partial charge in [0.15, 0.2) is 0 Å². The number of ether oxygens (including phenoxy) is 2. The molecule has 230 valence electrons. The molecule has 0 unspecified atom stereocenters. The Kier molecular flexibility index (Phi) is 9.45. The maximum Gasteiger partial charge on any atom is 0.262 e. The minimum absolute atomic E-state index is 0.0100. The van der Waals surface area contributed by atoms with Crippen molar-refractivity contribution in [2.24, 2.45) is 0 Å². The summed E-state index contributed by atoms with van der Waals surface area (Å²) in [7, 11) is -5.15. The molecule has 2 amide bonds. The summed E-state index contributed by atoms with van der Waals surface area (Å²) in [5, 5.41) is 5.16. The Bertz CT molecular complexity index is 1770. The van der Waals surface area contributed by atoms with Crippen LogP contribution in [0.4, 0.5) is 22.7 Å². The van der Waals surface area contributed by atoms with Gasteiger partial charge >= 0.3 is 0 Å². The van der Waals surface area contributed by atoms with Gasteiger partial charge in [-0.15, -0.1) is 0 Å². The average Bonchev–Trinajstić information content (AvgIpc) is 2.97. The molecule has 0 fully saturated rings. The van der Waals surface area contributed by atoms with Gasteiger partial charge in [-0.1, -0.05) is 12.1 Å². The van der Waals surface area contributed by atoms with Crippen LogP contribution in [0.2, 0.25) is 0 Å². The van der Waals surface area contributed by atoms with E-state index < -0.39 is 20.0 Å². The molecule has 0 aliphatic rings. The smallest absolute Gasteiger partial charge is 0.262 e. The van der Waals surface area contributed by atoms with Crippen molar-refractivity contribution in [1.29, 1.82) is 0 Å². The van der Waals surface area contributed by atoms with E-state index in [4.69, 9.17) is 9.47 Å². The van der Waals surface area contributed by atoms with Gasteiger partial charge in [0.05, 0.1) is 35.4 Å². The van der Waals surface area contributed by atoms with E-state index in [1.165, 1.54) is 76.6 Å². The van der Waals surface area contributed by atoms with Crippen molar-refractivity contribution < 1.29 is 35.9 Å². The Morgan fingerprint density at radius 1 is 0.545 bits per heavy atom. The van der Waals surface area contributed by atoms with Crippen molar-refractivity contribution in [1.82, 2.24) is 0 Å². The van der Waals surface area contributed by atoms with E-state index in [-0.39, 0.29) is 44.5 Å². The minimum atomic E-state index is -3.98. The van der Waals surface area contributed by atoms with Crippen LogP contribution >= 0.6 is 0 Å². The number of carbonyl (C=O) groups excluding carboxylic acids is 2. The molecule has 0 aromatic heterocycles. The Labute approximate surface area is 255 Å². The second-order valence-electron chi connectivity index (χ2n) is 9.45. The molecule has 0 radical (unpaired) electrons. The molecule has 4 aromatic rings. The number of hydrogen-bond donors (Lipinski definition) is 4. The first-order valence-electron chi connectivity index (χ1n) is 13.0. The number of sulfonamides is 2. The quantitative estimate of drug-likeness (QED) is 0.180. The topological polar surface area (TPSA) is 169 Å². The summed E-state index contributed by atoms with van der Waals surface area (Å²) < 4.78 is 68.0.